The van der Waals surface area contributed by atoms with E-state index < -0.39 is 5.97 Å². The smallest absolute Gasteiger partial charge is 0.334 e. The maximum Gasteiger partial charge on any atom is 0.334 e. The molecule has 0 radical (unpaired) electrons. The Balaban J connectivity index is 2.10. The van der Waals surface area contributed by atoms with Gasteiger partial charge in [0, 0.05) is 19.2 Å². The summed E-state index contributed by atoms with van der Waals surface area (Å²) in [5.41, 5.74) is 0. The van der Waals surface area contributed by atoms with Crippen molar-refractivity contribution < 1.29 is 14.3 Å². The van der Waals surface area contributed by atoms with Crippen LogP contribution >= 0.6 is 0 Å². The molecule has 0 aromatic heterocycles. The van der Waals surface area contributed by atoms with Crippen molar-refractivity contribution in [2.45, 2.75) is 0 Å². The van der Waals surface area contributed by atoms with Crippen LogP contribution in [0.4, 0.5) is 0 Å². The van der Waals surface area contributed by atoms with Crippen molar-refractivity contribution in [3.05, 3.63) is 25.0 Å². The van der Waals surface area contributed by atoms with Crippen molar-refractivity contribution in [3.8, 4) is 0 Å². The van der Waals surface area contributed by atoms with E-state index in [0.717, 1.165) is 25.8 Å². The molecular weight excluding hydrogens is 170 g/mol. The Labute approximate surface area is 77.4 Å². The second-order valence-electron chi connectivity index (χ2n) is 2.63. The van der Waals surface area contributed by atoms with Gasteiger partial charge >= 0.3 is 5.97 Å². The van der Waals surface area contributed by atoms with Crippen LogP contribution in [0, 0.1) is 0 Å². The molecule has 0 atom stereocenters. The largest absolute Gasteiger partial charge is 0.432 e. The van der Waals surface area contributed by atoms with Crippen LogP contribution in [-0.4, -0.2) is 37.3 Å². The molecule has 1 aliphatic rings. The minimum Gasteiger partial charge on any atom is -0.432 e. The van der Waals surface area contributed by atoms with Crippen molar-refractivity contribution >= 4 is 5.97 Å². The van der Waals surface area contributed by atoms with Crippen molar-refractivity contribution in [1.82, 2.24) is 4.90 Å². The van der Waals surface area contributed by atoms with E-state index in [1.807, 2.05) is 0 Å². The summed E-state index contributed by atoms with van der Waals surface area (Å²) in [6.45, 7) is 6.38. The van der Waals surface area contributed by atoms with Gasteiger partial charge in [-0.05, 0) is 6.08 Å². The Kier molecular flexibility index (Phi) is 4.21. The number of nitrogens with zero attached hydrogens (tertiary/aromatic N) is 1. The molecule has 1 rings (SSSR count). The molecule has 0 aromatic rings. The summed E-state index contributed by atoms with van der Waals surface area (Å²) in [6.07, 6.45) is 4.28. The van der Waals surface area contributed by atoms with Gasteiger partial charge in [0.05, 0.1) is 19.6 Å². The third-order valence-corrected chi connectivity index (χ3v) is 1.64. The van der Waals surface area contributed by atoms with E-state index in [1.54, 1.807) is 6.08 Å². The molecule has 0 aromatic carbocycles. The second-order valence-corrected chi connectivity index (χ2v) is 2.63. The van der Waals surface area contributed by atoms with Gasteiger partial charge in [-0.3, -0.25) is 4.90 Å². The van der Waals surface area contributed by atoms with Gasteiger partial charge < -0.3 is 9.47 Å². The van der Waals surface area contributed by atoms with Gasteiger partial charge in [0.1, 0.15) is 0 Å². The van der Waals surface area contributed by atoms with Gasteiger partial charge in [0.2, 0.25) is 0 Å². The van der Waals surface area contributed by atoms with Crippen LogP contribution in [0.3, 0.4) is 0 Å². The third kappa shape index (κ3) is 3.87. The Morgan fingerprint density at radius 2 is 2.54 bits per heavy atom. The second kappa shape index (κ2) is 5.50. The molecule has 4 heteroatoms. The molecule has 0 bridgehead atoms. The lowest BCUT2D eigenvalue weighted by atomic mass is 10.5. The number of esters is 1. The molecule has 1 aliphatic heterocycles. The van der Waals surface area contributed by atoms with Gasteiger partial charge in [-0.25, -0.2) is 4.79 Å². The Morgan fingerprint density at radius 3 is 3.15 bits per heavy atom. The summed E-state index contributed by atoms with van der Waals surface area (Å²) in [7, 11) is 0. The molecule has 1 heterocycles. The number of hydrogen-bond donors (Lipinski definition) is 0. The Bertz CT molecular complexity index is 207. The molecule has 0 amide bonds. The Hall–Kier alpha value is -1.13. The van der Waals surface area contributed by atoms with E-state index in [1.165, 1.54) is 6.26 Å². The molecule has 13 heavy (non-hydrogen) atoms. The van der Waals surface area contributed by atoms with Crippen LogP contribution in [0.15, 0.2) is 25.0 Å². The van der Waals surface area contributed by atoms with E-state index >= 15 is 0 Å². The fourth-order valence-corrected chi connectivity index (χ4v) is 0.951. The molecule has 0 unspecified atom stereocenters. The minimum atomic E-state index is -0.436. The zero-order valence-electron chi connectivity index (χ0n) is 7.44. The summed E-state index contributed by atoms with van der Waals surface area (Å²) in [6, 6.07) is 0. The summed E-state index contributed by atoms with van der Waals surface area (Å²) < 4.78 is 9.77. The summed E-state index contributed by atoms with van der Waals surface area (Å²) >= 11 is 0. The first-order valence-corrected chi connectivity index (χ1v) is 4.11. The van der Waals surface area contributed by atoms with Crippen molar-refractivity contribution in [3.63, 3.8) is 0 Å². The lowest BCUT2D eigenvalue weighted by Gasteiger charge is -2.07. The highest BCUT2D eigenvalue weighted by Gasteiger charge is 2.08. The van der Waals surface area contributed by atoms with E-state index in [2.05, 4.69) is 16.2 Å². The molecule has 0 aliphatic carbocycles. The highest BCUT2D eigenvalue weighted by Crippen LogP contribution is 1.97. The van der Waals surface area contributed by atoms with Crippen LogP contribution in [-0.2, 0) is 14.3 Å². The minimum absolute atomic E-state index is 0.436. The highest BCUT2D eigenvalue weighted by molar-refractivity contribution is 5.81. The first-order valence-electron chi connectivity index (χ1n) is 4.11. The molecule has 1 fully saturated rings. The monoisotopic (exact) mass is 183 g/mol. The standard InChI is InChI=1S/C9H13NO3/c1-2-9(11)13-6-3-4-10-5-7-12-8-10/h2-3,6H,1,4-5,7-8H2. The Morgan fingerprint density at radius 1 is 1.69 bits per heavy atom. The third-order valence-electron chi connectivity index (χ3n) is 1.64. The number of hydrogen-bond acceptors (Lipinski definition) is 4. The molecular formula is C9H13NO3. The predicted molar refractivity (Wildman–Crippen MR) is 47.8 cm³/mol. The maximum atomic E-state index is 10.6. The zero-order valence-corrected chi connectivity index (χ0v) is 7.44. The van der Waals surface area contributed by atoms with Crippen LogP contribution in [0.1, 0.15) is 0 Å². The van der Waals surface area contributed by atoms with E-state index in [9.17, 15) is 4.79 Å². The predicted octanol–water partition coefficient (Wildman–Crippen LogP) is 0.519. The van der Waals surface area contributed by atoms with Crippen LogP contribution in [0.2, 0.25) is 0 Å². The summed E-state index contributed by atoms with van der Waals surface area (Å²) in [5.74, 6) is -0.436. The zero-order chi connectivity index (χ0) is 9.52. The van der Waals surface area contributed by atoms with Gasteiger partial charge in [-0.1, -0.05) is 6.58 Å². The number of carbonyl (C=O) groups is 1. The summed E-state index contributed by atoms with van der Waals surface area (Å²) in [5, 5.41) is 0. The van der Waals surface area contributed by atoms with E-state index in [0.29, 0.717) is 6.73 Å². The van der Waals surface area contributed by atoms with Gasteiger partial charge in [0.15, 0.2) is 0 Å². The van der Waals surface area contributed by atoms with Crippen LogP contribution in [0.5, 0.6) is 0 Å². The highest BCUT2D eigenvalue weighted by atomic mass is 16.5. The molecule has 0 saturated carbocycles. The quantitative estimate of drug-likeness (QED) is 0.362. The lowest BCUT2D eigenvalue weighted by Crippen LogP contribution is -2.19. The topological polar surface area (TPSA) is 38.8 Å². The van der Waals surface area contributed by atoms with E-state index in [4.69, 9.17) is 4.74 Å². The molecule has 4 nitrogen and oxygen atoms in total. The van der Waals surface area contributed by atoms with Crippen molar-refractivity contribution in [1.29, 1.82) is 0 Å². The number of carbonyl (C=O) groups excluding carboxylic acids is 1. The molecule has 0 spiro atoms. The lowest BCUT2D eigenvalue weighted by molar-refractivity contribution is -0.132. The van der Waals surface area contributed by atoms with Crippen molar-refractivity contribution in [2.24, 2.45) is 0 Å². The van der Waals surface area contributed by atoms with Gasteiger partial charge in [0.25, 0.3) is 0 Å². The maximum absolute atomic E-state index is 10.6. The fourth-order valence-electron chi connectivity index (χ4n) is 0.951. The van der Waals surface area contributed by atoms with Gasteiger partial charge in [-0.2, -0.15) is 0 Å². The first kappa shape index (κ1) is 9.95. The number of rotatable bonds is 4. The number of ether oxygens (including phenoxy) is 2. The van der Waals surface area contributed by atoms with Gasteiger partial charge in [-0.15, -0.1) is 0 Å². The molecule has 72 valence electrons. The average molecular weight is 183 g/mol. The molecule has 0 N–H and O–H groups in total. The SMILES string of the molecule is C=CC(=O)OC=CCN1CCOC1. The summed E-state index contributed by atoms with van der Waals surface area (Å²) in [4.78, 5) is 12.7. The average Bonchev–Trinajstić information content (AvgIpc) is 2.64. The van der Waals surface area contributed by atoms with Crippen LogP contribution < -0.4 is 0 Å². The van der Waals surface area contributed by atoms with E-state index in [-0.39, 0.29) is 0 Å². The molecule has 1 saturated heterocycles. The van der Waals surface area contributed by atoms with Crippen LogP contribution in [0.25, 0.3) is 0 Å². The first-order chi connectivity index (χ1) is 6.33. The normalized spacial score (nSPS) is 17.8. The fraction of sp³-hybridized carbons (Fsp3) is 0.444. The van der Waals surface area contributed by atoms with Crippen molar-refractivity contribution in [2.75, 3.05) is 26.4 Å².